The SMILES string of the molecule is C=C(C)CCCCc1ccc(C(CCC)/C(C#N)=C/C(C)=NC)cc1. The summed E-state index contributed by atoms with van der Waals surface area (Å²) in [6, 6.07) is 11.2. The average molecular weight is 337 g/mol. The van der Waals surface area contributed by atoms with Crippen LogP contribution in [0, 0.1) is 11.3 Å². The van der Waals surface area contributed by atoms with Crippen LogP contribution >= 0.6 is 0 Å². The van der Waals surface area contributed by atoms with Crippen molar-refractivity contribution >= 4 is 5.71 Å². The molecule has 0 bridgehead atoms. The van der Waals surface area contributed by atoms with Gasteiger partial charge in [0, 0.05) is 24.3 Å². The molecule has 0 aliphatic rings. The largest absolute Gasteiger partial charge is 0.293 e. The van der Waals surface area contributed by atoms with E-state index >= 15 is 0 Å². The highest BCUT2D eigenvalue weighted by Gasteiger charge is 2.16. The van der Waals surface area contributed by atoms with Gasteiger partial charge in [0.2, 0.25) is 0 Å². The van der Waals surface area contributed by atoms with Crippen molar-refractivity contribution in [1.29, 1.82) is 5.26 Å². The van der Waals surface area contributed by atoms with E-state index in [1.165, 1.54) is 29.5 Å². The molecule has 0 aliphatic heterocycles. The van der Waals surface area contributed by atoms with E-state index in [0.29, 0.717) is 0 Å². The minimum Gasteiger partial charge on any atom is -0.293 e. The Labute approximate surface area is 154 Å². The Morgan fingerprint density at radius 3 is 2.44 bits per heavy atom. The number of rotatable bonds is 10. The van der Waals surface area contributed by atoms with E-state index in [4.69, 9.17) is 0 Å². The van der Waals surface area contributed by atoms with Crippen LogP contribution in [-0.4, -0.2) is 12.8 Å². The summed E-state index contributed by atoms with van der Waals surface area (Å²) in [4.78, 5) is 4.16. The summed E-state index contributed by atoms with van der Waals surface area (Å²) >= 11 is 0. The molecule has 0 heterocycles. The normalized spacial score (nSPS) is 13.4. The maximum atomic E-state index is 9.59. The zero-order valence-electron chi connectivity index (χ0n) is 16.3. The van der Waals surface area contributed by atoms with Gasteiger partial charge in [0.05, 0.1) is 6.07 Å². The minimum absolute atomic E-state index is 0.157. The molecule has 25 heavy (non-hydrogen) atoms. The predicted molar refractivity (Wildman–Crippen MR) is 109 cm³/mol. The molecule has 1 aromatic carbocycles. The van der Waals surface area contributed by atoms with Gasteiger partial charge < -0.3 is 0 Å². The van der Waals surface area contributed by atoms with Crippen molar-refractivity contribution in [3.8, 4) is 6.07 Å². The van der Waals surface area contributed by atoms with Crippen LogP contribution in [0.15, 0.2) is 53.1 Å². The molecule has 2 heteroatoms. The molecular weight excluding hydrogens is 304 g/mol. The van der Waals surface area contributed by atoms with Gasteiger partial charge in [-0.15, -0.1) is 6.58 Å². The second-order valence-electron chi connectivity index (χ2n) is 6.82. The number of hydrogen-bond donors (Lipinski definition) is 0. The molecule has 2 nitrogen and oxygen atoms in total. The number of allylic oxidation sites excluding steroid dienone is 3. The van der Waals surface area contributed by atoms with Gasteiger partial charge in [-0.05, 0) is 63.2 Å². The van der Waals surface area contributed by atoms with Gasteiger partial charge in [-0.1, -0.05) is 43.2 Å². The van der Waals surface area contributed by atoms with Crippen LogP contribution in [0.2, 0.25) is 0 Å². The van der Waals surface area contributed by atoms with Crippen molar-refractivity contribution in [2.24, 2.45) is 4.99 Å². The fraction of sp³-hybridized carbons (Fsp3) is 0.478. The number of aliphatic imine (C=N–C) groups is 1. The molecule has 0 N–H and O–H groups in total. The van der Waals surface area contributed by atoms with Gasteiger partial charge in [0.25, 0.3) is 0 Å². The lowest BCUT2D eigenvalue weighted by Crippen LogP contribution is -2.04. The van der Waals surface area contributed by atoms with Gasteiger partial charge in [-0.2, -0.15) is 5.26 Å². The van der Waals surface area contributed by atoms with Crippen molar-refractivity contribution in [3.63, 3.8) is 0 Å². The summed E-state index contributed by atoms with van der Waals surface area (Å²) in [7, 11) is 1.76. The quantitative estimate of drug-likeness (QED) is 0.211. The molecule has 134 valence electrons. The zero-order valence-corrected chi connectivity index (χ0v) is 16.3. The number of benzene rings is 1. The van der Waals surface area contributed by atoms with Crippen LogP contribution in [0.5, 0.6) is 0 Å². The number of nitrogens with zero attached hydrogens (tertiary/aromatic N) is 2. The summed E-state index contributed by atoms with van der Waals surface area (Å²) in [6.07, 6.45) is 8.57. The maximum absolute atomic E-state index is 9.59. The lowest BCUT2D eigenvalue weighted by molar-refractivity contribution is 0.698. The van der Waals surface area contributed by atoms with Crippen molar-refractivity contribution in [2.75, 3.05) is 7.05 Å². The van der Waals surface area contributed by atoms with Crippen molar-refractivity contribution in [2.45, 2.75) is 65.2 Å². The summed E-state index contributed by atoms with van der Waals surface area (Å²) < 4.78 is 0. The highest BCUT2D eigenvalue weighted by Crippen LogP contribution is 2.29. The van der Waals surface area contributed by atoms with Crippen molar-refractivity contribution in [3.05, 3.63) is 59.2 Å². The van der Waals surface area contributed by atoms with Crippen LogP contribution in [0.4, 0.5) is 0 Å². The van der Waals surface area contributed by atoms with Crippen molar-refractivity contribution in [1.82, 2.24) is 0 Å². The van der Waals surface area contributed by atoms with Crippen LogP contribution in [0.25, 0.3) is 0 Å². The molecule has 1 aromatic rings. The molecular formula is C23H32N2. The van der Waals surface area contributed by atoms with E-state index < -0.39 is 0 Å². The number of aryl methyl sites for hydroxylation is 1. The van der Waals surface area contributed by atoms with E-state index in [1.54, 1.807) is 7.05 Å². The Balaban J connectivity index is 2.86. The topological polar surface area (TPSA) is 36.1 Å². The van der Waals surface area contributed by atoms with Crippen molar-refractivity contribution < 1.29 is 0 Å². The van der Waals surface area contributed by atoms with Crippen LogP contribution < -0.4 is 0 Å². The fourth-order valence-corrected chi connectivity index (χ4v) is 2.96. The molecule has 1 atom stereocenters. The maximum Gasteiger partial charge on any atom is 0.0954 e. The first-order valence-electron chi connectivity index (χ1n) is 9.30. The molecule has 1 rings (SSSR count). The second kappa shape index (κ2) is 11.4. The van der Waals surface area contributed by atoms with E-state index in [9.17, 15) is 5.26 Å². The highest BCUT2D eigenvalue weighted by molar-refractivity contribution is 5.94. The smallest absolute Gasteiger partial charge is 0.0954 e. The lowest BCUT2D eigenvalue weighted by atomic mass is 9.86. The summed E-state index contributed by atoms with van der Waals surface area (Å²) in [5, 5.41) is 9.59. The van der Waals surface area contributed by atoms with E-state index in [0.717, 1.165) is 37.0 Å². The number of unbranched alkanes of at least 4 members (excludes halogenated alkanes) is 1. The summed E-state index contributed by atoms with van der Waals surface area (Å²) in [5.41, 5.74) is 5.56. The lowest BCUT2D eigenvalue weighted by Gasteiger charge is -2.16. The van der Waals surface area contributed by atoms with E-state index in [2.05, 4.69) is 55.8 Å². The molecule has 1 unspecified atom stereocenters. The number of nitriles is 1. The molecule has 0 amide bonds. The molecule has 0 radical (unpaired) electrons. The summed E-state index contributed by atoms with van der Waals surface area (Å²) in [5.74, 6) is 0.157. The third kappa shape index (κ3) is 7.52. The van der Waals surface area contributed by atoms with Gasteiger partial charge in [-0.3, -0.25) is 4.99 Å². The first-order valence-corrected chi connectivity index (χ1v) is 9.30. The van der Waals surface area contributed by atoms with E-state index in [-0.39, 0.29) is 5.92 Å². The molecule has 0 saturated heterocycles. The Hall–Kier alpha value is -2.14. The third-order valence-corrected chi connectivity index (χ3v) is 4.50. The van der Waals surface area contributed by atoms with Gasteiger partial charge in [0.15, 0.2) is 0 Å². The Bertz CT molecular complexity index is 642. The molecule has 0 aromatic heterocycles. The Morgan fingerprint density at radius 1 is 1.24 bits per heavy atom. The molecule has 0 spiro atoms. The fourth-order valence-electron chi connectivity index (χ4n) is 2.96. The van der Waals surface area contributed by atoms with E-state index in [1.807, 2.05) is 13.0 Å². The third-order valence-electron chi connectivity index (χ3n) is 4.50. The molecule has 0 aliphatic carbocycles. The van der Waals surface area contributed by atoms with Gasteiger partial charge in [0.1, 0.15) is 0 Å². The standard InChI is InChI=1S/C23H32N2/c1-6-9-23(22(17-24)16-19(4)25-5)21-14-12-20(13-15-21)11-8-7-10-18(2)3/h12-16,23H,2,6-11H2,1,3-5H3/b22-16+,25-19?. The predicted octanol–water partition coefficient (Wildman–Crippen LogP) is 6.40. The average Bonchev–Trinajstić information content (AvgIpc) is 2.62. The van der Waals surface area contributed by atoms with Crippen LogP contribution in [0.3, 0.4) is 0 Å². The van der Waals surface area contributed by atoms with Gasteiger partial charge >= 0.3 is 0 Å². The van der Waals surface area contributed by atoms with Gasteiger partial charge in [-0.25, -0.2) is 0 Å². The summed E-state index contributed by atoms with van der Waals surface area (Å²) in [6.45, 7) is 10.2. The highest BCUT2D eigenvalue weighted by atomic mass is 14.7. The first kappa shape index (κ1) is 20.9. The first-order chi connectivity index (χ1) is 12.0. The second-order valence-corrected chi connectivity index (χ2v) is 6.82. The molecule has 0 saturated carbocycles. The Kier molecular flexibility index (Phi) is 9.55. The van der Waals surface area contributed by atoms with Crippen LogP contribution in [0.1, 0.15) is 69.9 Å². The minimum atomic E-state index is 0.157. The zero-order chi connectivity index (χ0) is 18.7. The Morgan fingerprint density at radius 2 is 1.92 bits per heavy atom. The number of hydrogen-bond acceptors (Lipinski definition) is 2. The molecule has 0 fully saturated rings. The monoisotopic (exact) mass is 336 g/mol. The van der Waals surface area contributed by atoms with Crippen LogP contribution in [-0.2, 0) is 6.42 Å².